The summed E-state index contributed by atoms with van der Waals surface area (Å²) >= 11 is 6.47. The maximum Gasteiger partial charge on any atom is 0.264 e. The average Bonchev–Trinajstić information content (AvgIpc) is 2.99. The number of nitrogens with zero attached hydrogens (tertiary/aromatic N) is 2. The number of carbonyl (C=O) groups is 2. The fourth-order valence-corrected chi connectivity index (χ4v) is 6.24. The van der Waals surface area contributed by atoms with Crippen molar-refractivity contribution in [2.45, 2.75) is 30.8 Å². The molecule has 0 fully saturated rings. The van der Waals surface area contributed by atoms with Crippen molar-refractivity contribution in [3.05, 3.63) is 131 Å². The van der Waals surface area contributed by atoms with E-state index in [1.807, 2.05) is 61.5 Å². The van der Waals surface area contributed by atoms with Crippen LogP contribution in [0.1, 0.15) is 16.7 Å². The van der Waals surface area contributed by atoms with Crippen LogP contribution in [0.3, 0.4) is 0 Å². The second-order valence-electron chi connectivity index (χ2n) is 9.60. The van der Waals surface area contributed by atoms with Crippen molar-refractivity contribution in [1.29, 1.82) is 0 Å². The van der Waals surface area contributed by atoms with E-state index < -0.39 is 28.5 Å². The van der Waals surface area contributed by atoms with Crippen LogP contribution in [0.2, 0.25) is 5.02 Å². The number of aryl methyl sites for hydroxylation is 1. The first kappa shape index (κ1) is 29.8. The van der Waals surface area contributed by atoms with Crippen molar-refractivity contribution >= 4 is 39.1 Å². The Bertz CT molecular complexity index is 1580. The maximum absolute atomic E-state index is 14.2. The van der Waals surface area contributed by atoms with Crippen LogP contribution in [0.4, 0.5) is 5.69 Å². The second-order valence-corrected chi connectivity index (χ2v) is 11.9. The number of amides is 2. The molecule has 1 N–H and O–H groups in total. The highest BCUT2D eigenvalue weighted by atomic mass is 35.5. The van der Waals surface area contributed by atoms with Crippen LogP contribution in [0.5, 0.6) is 0 Å². The first-order valence-corrected chi connectivity index (χ1v) is 15.0. The lowest BCUT2D eigenvalue weighted by Gasteiger charge is -2.33. The number of hydrogen-bond acceptors (Lipinski definition) is 4. The Kier molecular flexibility index (Phi) is 9.81. The summed E-state index contributed by atoms with van der Waals surface area (Å²) in [6.07, 6.45) is 0.246. The minimum atomic E-state index is -4.19. The Morgan fingerprint density at radius 3 is 2.00 bits per heavy atom. The van der Waals surface area contributed by atoms with Gasteiger partial charge in [-0.05, 0) is 42.3 Å². The highest BCUT2D eigenvalue weighted by Gasteiger charge is 2.34. The van der Waals surface area contributed by atoms with E-state index in [1.165, 1.54) is 24.1 Å². The number of rotatable bonds is 11. The highest BCUT2D eigenvalue weighted by molar-refractivity contribution is 7.92. The van der Waals surface area contributed by atoms with Gasteiger partial charge in [0.25, 0.3) is 10.0 Å². The molecule has 0 spiro atoms. The van der Waals surface area contributed by atoms with E-state index >= 15 is 0 Å². The van der Waals surface area contributed by atoms with Gasteiger partial charge >= 0.3 is 0 Å². The third kappa shape index (κ3) is 7.34. The van der Waals surface area contributed by atoms with Gasteiger partial charge in [0.15, 0.2) is 0 Å². The van der Waals surface area contributed by atoms with Crippen LogP contribution >= 0.6 is 11.6 Å². The van der Waals surface area contributed by atoms with Crippen LogP contribution < -0.4 is 9.62 Å². The number of para-hydroxylation sites is 1. The predicted octanol–water partition coefficient (Wildman–Crippen LogP) is 5.23. The van der Waals surface area contributed by atoms with Gasteiger partial charge in [-0.25, -0.2) is 8.42 Å². The molecule has 9 heteroatoms. The van der Waals surface area contributed by atoms with Crippen molar-refractivity contribution < 1.29 is 18.0 Å². The average molecular weight is 590 g/mol. The zero-order valence-electron chi connectivity index (χ0n) is 22.9. The number of hydrogen-bond donors (Lipinski definition) is 1. The van der Waals surface area contributed by atoms with Crippen LogP contribution in [0.25, 0.3) is 0 Å². The molecule has 212 valence electrons. The molecular weight excluding hydrogens is 558 g/mol. The van der Waals surface area contributed by atoms with E-state index in [2.05, 4.69) is 5.32 Å². The molecule has 0 aliphatic carbocycles. The molecule has 4 aromatic rings. The Morgan fingerprint density at radius 2 is 1.39 bits per heavy atom. The lowest BCUT2D eigenvalue weighted by atomic mass is 10.0. The number of anilines is 1. The smallest absolute Gasteiger partial charge is 0.264 e. The zero-order chi connectivity index (χ0) is 29.4. The Morgan fingerprint density at radius 1 is 0.805 bits per heavy atom. The zero-order valence-corrected chi connectivity index (χ0v) is 24.5. The lowest BCUT2D eigenvalue weighted by Crippen LogP contribution is -2.53. The van der Waals surface area contributed by atoms with E-state index in [-0.39, 0.29) is 34.5 Å². The molecule has 0 radical (unpaired) electrons. The number of nitrogens with one attached hydrogen (secondary N) is 1. The number of carbonyl (C=O) groups excluding carboxylic acids is 2. The molecular formula is C32H32ClN3O4S. The number of sulfonamides is 1. The number of halogens is 1. The van der Waals surface area contributed by atoms with Gasteiger partial charge in [0, 0.05) is 20.0 Å². The number of benzene rings is 4. The molecule has 1 atom stereocenters. The molecule has 7 nitrogen and oxygen atoms in total. The van der Waals surface area contributed by atoms with Crippen LogP contribution in [-0.4, -0.2) is 44.8 Å². The molecule has 0 aliphatic heterocycles. The minimum Gasteiger partial charge on any atom is -0.357 e. The van der Waals surface area contributed by atoms with Gasteiger partial charge in [-0.1, -0.05) is 102 Å². The van der Waals surface area contributed by atoms with Crippen LogP contribution in [0.15, 0.2) is 114 Å². The van der Waals surface area contributed by atoms with Gasteiger partial charge in [-0.2, -0.15) is 0 Å². The first-order chi connectivity index (χ1) is 19.7. The Hall–Kier alpha value is -4.14. The quantitative estimate of drug-likeness (QED) is 0.260. The molecule has 2 amide bonds. The summed E-state index contributed by atoms with van der Waals surface area (Å²) in [5, 5.41) is 2.86. The van der Waals surface area contributed by atoms with E-state index in [0.29, 0.717) is 0 Å². The fraction of sp³-hybridized carbons (Fsp3) is 0.188. The monoisotopic (exact) mass is 589 g/mol. The van der Waals surface area contributed by atoms with Gasteiger partial charge in [-0.15, -0.1) is 0 Å². The molecule has 0 unspecified atom stereocenters. The second kappa shape index (κ2) is 13.5. The standard InChI is InChI=1S/C32H32ClN3O4S/c1-24-17-19-26(20-18-24)22-35(30(32(38)34-2)21-25-11-5-3-6-12-25)31(37)23-36(29-16-10-9-15-28(29)33)41(39,40)27-13-7-4-8-14-27/h3-20,30H,21-23H2,1-2H3,(H,34,38)/t30-/m0/s1. The summed E-state index contributed by atoms with van der Waals surface area (Å²) < 4.78 is 28.8. The normalized spacial score (nSPS) is 11.9. The minimum absolute atomic E-state index is 0.0185. The molecule has 0 bridgehead atoms. The van der Waals surface area contributed by atoms with Crippen molar-refractivity contribution in [2.24, 2.45) is 0 Å². The van der Waals surface area contributed by atoms with Gasteiger partial charge in [0.05, 0.1) is 15.6 Å². The molecule has 41 heavy (non-hydrogen) atoms. The van der Waals surface area contributed by atoms with E-state index in [0.717, 1.165) is 21.0 Å². The van der Waals surface area contributed by atoms with Crippen molar-refractivity contribution in [3.63, 3.8) is 0 Å². The highest BCUT2D eigenvalue weighted by Crippen LogP contribution is 2.31. The lowest BCUT2D eigenvalue weighted by molar-refractivity contribution is -0.139. The molecule has 0 saturated heterocycles. The van der Waals surface area contributed by atoms with Gasteiger partial charge in [-0.3, -0.25) is 13.9 Å². The topological polar surface area (TPSA) is 86.8 Å². The van der Waals surface area contributed by atoms with Gasteiger partial charge in [0.1, 0.15) is 12.6 Å². The van der Waals surface area contributed by atoms with E-state index in [4.69, 9.17) is 11.6 Å². The first-order valence-electron chi connectivity index (χ1n) is 13.1. The molecule has 4 aromatic carbocycles. The van der Waals surface area contributed by atoms with Crippen molar-refractivity contribution in [3.8, 4) is 0 Å². The third-order valence-electron chi connectivity index (χ3n) is 6.72. The van der Waals surface area contributed by atoms with Gasteiger partial charge in [0.2, 0.25) is 11.8 Å². The summed E-state index contributed by atoms with van der Waals surface area (Å²) in [5.41, 5.74) is 2.89. The molecule has 0 aliphatic rings. The van der Waals surface area contributed by atoms with Crippen molar-refractivity contribution in [2.75, 3.05) is 17.9 Å². The Labute approximate surface area is 246 Å². The SMILES string of the molecule is CNC(=O)[C@H](Cc1ccccc1)N(Cc1ccc(C)cc1)C(=O)CN(c1ccccc1Cl)S(=O)(=O)c1ccccc1. The predicted molar refractivity (Wildman–Crippen MR) is 162 cm³/mol. The fourth-order valence-electron chi connectivity index (χ4n) is 4.50. The molecule has 4 rings (SSSR count). The van der Waals surface area contributed by atoms with Gasteiger partial charge < -0.3 is 10.2 Å². The summed E-state index contributed by atoms with van der Waals surface area (Å²) in [6.45, 7) is 1.51. The molecule has 0 heterocycles. The largest absolute Gasteiger partial charge is 0.357 e. The summed E-state index contributed by atoms with van der Waals surface area (Å²) in [7, 11) is -2.67. The van der Waals surface area contributed by atoms with Crippen molar-refractivity contribution in [1.82, 2.24) is 10.2 Å². The van der Waals surface area contributed by atoms with Crippen LogP contribution in [-0.2, 0) is 32.6 Å². The summed E-state index contributed by atoms with van der Waals surface area (Å²) in [6, 6.07) is 30.5. The maximum atomic E-state index is 14.2. The molecule has 0 saturated carbocycles. The third-order valence-corrected chi connectivity index (χ3v) is 8.82. The van der Waals surface area contributed by atoms with Crippen LogP contribution in [0, 0.1) is 6.92 Å². The van der Waals surface area contributed by atoms with E-state index in [1.54, 1.807) is 42.5 Å². The summed E-state index contributed by atoms with van der Waals surface area (Å²) in [5.74, 6) is -0.904. The van der Waals surface area contributed by atoms with E-state index in [9.17, 15) is 18.0 Å². The number of likely N-dealkylation sites (N-methyl/N-ethyl adjacent to an activating group) is 1. The molecule has 0 aromatic heterocycles. The summed E-state index contributed by atoms with van der Waals surface area (Å²) in [4.78, 5) is 29.0. The Balaban J connectivity index is 1.78.